The SMILES string of the molecule is CCC(CC)(Oc1c(C)cccc1C)[PH](=O)Oc1cccc(O[PH](=O)C(CC)(CC)Oc2c(C)cccc2C)c1. The fraction of sp³-hybridized carbons (Fsp3) is 0.438. The Morgan fingerprint density at radius 2 is 0.850 bits per heavy atom. The summed E-state index contributed by atoms with van der Waals surface area (Å²) in [6.07, 6.45) is 2.07. The van der Waals surface area contributed by atoms with Gasteiger partial charge in [0.2, 0.25) is 0 Å². The zero-order valence-corrected chi connectivity index (χ0v) is 27.1. The van der Waals surface area contributed by atoms with Crippen LogP contribution in [0.3, 0.4) is 0 Å². The van der Waals surface area contributed by atoms with Gasteiger partial charge in [0.25, 0.3) is 16.1 Å². The number of ether oxygens (including phenoxy) is 2. The van der Waals surface area contributed by atoms with Crippen molar-refractivity contribution in [1.29, 1.82) is 0 Å². The molecule has 218 valence electrons. The first-order valence-corrected chi connectivity index (χ1v) is 16.7. The van der Waals surface area contributed by atoms with E-state index in [4.69, 9.17) is 18.5 Å². The fourth-order valence-corrected chi connectivity index (χ4v) is 7.34. The van der Waals surface area contributed by atoms with Gasteiger partial charge in [-0.05, 0) is 87.8 Å². The summed E-state index contributed by atoms with van der Waals surface area (Å²) in [5.41, 5.74) is 3.94. The van der Waals surface area contributed by atoms with E-state index >= 15 is 0 Å². The van der Waals surface area contributed by atoms with Crippen LogP contribution in [-0.2, 0) is 9.13 Å². The maximum Gasteiger partial charge on any atom is 0.278 e. The molecule has 0 aliphatic heterocycles. The Morgan fingerprint density at radius 1 is 0.550 bits per heavy atom. The van der Waals surface area contributed by atoms with Gasteiger partial charge in [-0.3, -0.25) is 9.13 Å². The lowest BCUT2D eigenvalue weighted by atomic mass is 10.1. The van der Waals surface area contributed by atoms with Gasteiger partial charge in [-0.15, -0.1) is 0 Å². The van der Waals surface area contributed by atoms with Gasteiger partial charge in [0, 0.05) is 6.07 Å². The molecule has 0 heterocycles. The number of rotatable bonds is 14. The van der Waals surface area contributed by atoms with Crippen molar-refractivity contribution < 1.29 is 27.7 Å². The maximum atomic E-state index is 13.7. The first-order valence-electron chi connectivity index (χ1n) is 14.1. The minimum Gasteiger partial charge on any atom is -0.476 e. The van der Waals surface area contributed by atoms with Gasteiger partial charge in [-0.2, -0.15) is 0 Å². The third kappa shape index (κ3) is 6.96. The zero-order valence-electron chi connectivity index (χ0n) is 25.1. The molecule has 0 saturated heterocycles. The predicted molar refractivity (Wildman–Crippen MR) is 165 cm³/mol. The molecule has 40 heavy (non-hydrogen) atoms. The smallest absolute Gasteiger partial charge is 0.278 e. The van der Waals surface area contributed by atoms with E-state index in [1.54, 1.807) is 24.3 Å². The van der Waals surface area contributed by atoms with Gasteiger partial charge in [0.15, 0.2) is 10.7 Å². The van der Waals surface area contributed by atoms with Crippen LogP contribution in [-0.4, -0.2) is 10.7 Å². The zero-order chi connectivity index (χ0) is 29.5. The number of hydrogen-bond donors (Lipinski definition) is 0. The lowest BCUT2D eigenvalue weighted by Crippen LogP contribution is -2.32. The normalized spacial score (nSPS) is 13.4. The van der Waals surface area contributed by atoms with Crippen molar-refractivity contribution in [3.63, 3.8) is 0 Å². The molecule has 0 amide bonds. The number of benzene rings is 3. The van der Waals surface area contributed by atoms with Gasteiger partial charge in [-0.25, -0.2) is 0 Å². The van der Waals surface area contributed by atoms with Gasteiger partial charge in [0.05, 0.1) is 0 Å². The van der Waals surface area contributed by atoms with Crippen LogP contribution in [0.15, 0.2) is 60.7 Å². The summed E-state index contributed by atoms with van der Waals surface area (Å²) in [5, 5.41) is -1.94. The van der Waals surface area contributed by atoms with E-state index in [-0.39, 0.29) is 0 Å². The topological polar surface area (TPSA) is 71.1 Å². The van der Waals surface area contributed by atoms with E-state index in [9.17, 15) is 9.13 Å². The molecule has 3 aromatic rings. The minimum atomic E-state index is -2.73. The fourth-order valence-electron chi connectivity index (χ4n) is 4.76. The Morgan fingerprint density at radius 3 is 1.15 bits per heavy atom. The van der Waals surface area contributed by atoms with Crippen molar-refractivity contribution in [3.05, 3.63) is 82.9 Å². The van der Waals surface area contributed by atoms with E-state index in [1.165, 1.54) is 0 Å². The van der Waals surface area contributed by atoms with Gasteiger partial charge in [-0.1, -0.05) is 70.2 Å². The monoisotopic (exact) mass is 586 g/mol. The van der Waals surface area contributed by atoms with E-state index in [0.29, 0.717) is 37.2 Å². The first kappa shape index (κ1) is 31.8. The van der Waals surface area contributed by atoms with Crippen LogP contribution in [0.2, 0.25) is 0 Å². The summed E-state index contributed by atoms with van der Waals surface area (Å²) in [4.78, 5) is 0. The molecule has 0 bridgehead atoms. The van der Waals surface area contributed by atoms with Gasteiger partial charge in [0.1, 0.15) is 23.0 Å². The third-order valence-electron chi connectivity index (χ3n) is 7.67. The first-order chi connectivity index (χ1) is 19.0. The number of hydrogen-bond acceptors (Lipinski definition) is 6. The summed E-state index contributed by atoms with van der Waals surface area (Å²) >= 11 is 0. The van der Waals surface area contributed by atoms with Crippen LogP contribution in [0.1, 0.15) is 75.6 Å². The molecule has 2 unspecified atom stereocenters. The van der Waals surface area contributed by atoms with Crippen molar-refractivity contribution in [2.45, 2.75) is 91.8 Å². The highest BCUT2D eigenvalue weighted by Crippen LogP contribution is 2.50. The summed E-state index contributed by atoms with van der Waals surface area (Å²) in [6, 6.07) is 18.7. The Labute approximate surface area is 241 Å². The molecule has 0 spiro atoms. The molecule has 8 heteroatoms. The average Bonchev–Trinajstić information content (AvgIpc) is 2.93. The highest BCUT2D eigenvalue weighted by molar-refractivity contribution is 7.41. The molecule has 0 N–H and O–H groups in total. The van der Waals surface area contributed by atoms with E-state index < -0.39 is 26.7 Å². The highest BCUT2D eigenvalue weighted by Gasteiger charge is 2.40. The van der Waals surface area contributed by atoms with Gasteiger partial charge < -0.3 is 18.5 Å². The molecule has 0 aliphatic carbocycles. The van der Waals surface area contributed by atoms with Crippen molar-refractivity contribution in [1.82, 2.24) is 0 Å². The van der Waals surface area contributed by atoms with E-state index in [0.717, 1.165) is 33.8 Å². The molecule has 0 saturated carbocycles. The average molecular weight is 587 g/mol. The Bertz CT molecular complexity index is 1210. The highest BCUT2D eigenvalue weighted by atomic mass is 31.1. The second kappa shape index (κ2) is 13.8. The Kier molecular flexibility index (Phi) is 11.0. The molecular formula is C32H44O6P2. The van der Waals surface area contributed by atoms with Crippen LogP contribution in [0.25, 0.3) is 0 Å². The van der Waals surface area contributed by atoms with Crippen molar-refractivity contribution in [2.24, 2.45) is 0 Å². The summed E-state index contributed by atoms with van der Waals surface area (Å²) in [6.45, 7) is 15.8. The van der Waals surface area contributed by atoms with E-state index in [2.05, 4.69) is 0 Å². The lowest BCUT2D eigenvalue weighted by Gasteiger charge is -2.33. The van der Waals surface area contributed by atoms with E-state index in [1.807, 2.05) is 91.8 Å². The minimum absolute atomic E-state index is 0.377. The number of aryl methyl sites for hydroxylation is 4. The predicted octanol–water partition coefficient (Wildman–Crippen LogP) is 9.82. The largest absolute Gasteiger partial charge is 0.476 e. The lowest BCUT2D eigenvalue weighted by molar-refractivity contribution is 0.133. The molecule has 3 aromatic carbocycles. The van der Waals surface area contributed by atoms with Crippen LogP contribution in [0, 0.1) is 27.7 Å². The van der Waals surface area contributed by atoms with Crippen molar-refractivity contribution >= 4 is 16.1 Å². The van der Waals surface area contributed by atoms with Crippen LogP contribution in [0.5, 0.6) is 23.0 Å². The van der Waals surface area contributed by atoms with Crippen molar-refractivity contribution in [3.8, 4) is 23.0 Å². The standard InChI is InChI=1S/C32H44O6P2/c1-9-31(10-2,35-29-23(5)16-13-17-24(29)6)39(33)37-27-20-15-21-28(22-27)38-40(34)32(11-3,12-4)36-30-25(7)18-14-19-26(30)8/h13-22,39-40H,9-12H2,1-8H3. The second-order valence-corrected chi connectivity index (χ2v) is 13.7. The molecule has 2 atom stereocenters. The van der Waals surface area contributed by atoms with Crippen molar-refractivity contribution in [2.75, 3.05) is 0 Å². The summed E-state index contributed by atoms with van der Waals surface area (Å²) in [5.74, 6) is 2.23. The second-order valence-electron chi connectivity index (χ2n) is 10.3. The number of para-hydroxylation sites is 2. The molecule has 0 fully saturated rings. The summed E-state index contributed by atoms with van der Waals surface area (Å²) < 4.78 is 52.3. The molecule has 0 aliphatic rings. The quantitative estimate of drug-likeness (QED) is 0.175. The van der Waals surface area contributed by atoms with Crippen LogP contribution < -0.4 is 18.5 Å². The maximum absolute atomic E-state index is 13.7. The Hall–Kier alpha value is -2.68. The van der Waals surface area contributed by atoms with Gasteiger partial charge >= 0.3 is 0 Å². The summed E-state index contributed by atoms with van der Waals surface area (Å²) in [7, 11) is -5.45. The van der Waals surface area contributed by atoms with Crippen LogP contribution in [0.4, 0.5) is 0 Å². The molecular weight excluding hydrogens is 542 g/mol. The molecule has 6 nitrogen and oxygen atoms in total. The molecule has 3 rings (SSSR count). The van der Waals surface area contributed by atoms with Crippen LogP contribution >= 0.6 is 16.1 Å². The molecule has 0 aromatic heterocycles. The third-order valence-corrected chi connectivity index (χ3v) is 11.6. The molecule has 0 radical (unpaired) electrons. The Balaban J connectivity index is 1.82.